The number of nitro benzene ring substituents is 1. The van der Waals surface area contributed by atoms with Gasteiger partial charge in [-0.25, -0.2) is 5.43 Å². The molecule has 0 unspecified atom stereocenters. The molecule has 0 aromatic heterocycles. The molecule has 0 saturated carbocycles. The summed E-state index contributed by atoms with van der Waals surface area (Å²) in [5.74, 6) is -0.620. The van der Waals surface area contributed by atoms with E-state index in [1.807, 2.05) is 24.3 Å². The van der Waals surface area contributed by atoms with Crippen LogP contribution in [0.5, 0.6) is 11.5 Å². The third-order valence-electron chi connectivity index (χ3n) is 4.51. The first-order valence-electron chi connectivity index (χ1n) is 9.58. The van der Waals surface area contributed by atoms with E-state index in [4.69, 9.17) is 16.3 Å². The lowest BCUT2D eigenvalue weighted by atomic mass is 10.0. The van der Waals surface area contributed by atoms with Gasteiger partial charge in [-0.1, -0.05) is 41.9 Å². The molecule has 0 fully saturated rings. The zero-order chi connectivity index (χ0) is 23.1. The summed E-state index contributed by atoms with van der Waals surface area (Å²) in [7, 11) is 0. The summed E-state index contributed by atoms with van der Waals surface area (Å²) in [4.78, 5) is 22.5. The molecule has 0 atom stereocenters. The standard InChI is InChI=1S/C23H20ClN3O5/c1-15-6-9-22(20(10-15)27(30)31)32-14-23(29)26-25-13-18-12-16(7-8-21(18)28)11-17-4-2-3-5-19(17)24/h2-10,12-13,28H,11,14H2,1H3,(H,26,29)/b25-13-. The van der Waals surface area contributed by atoms with Crippen LogP contribution in [0, 0.1) is 17.0 Å². The number of carbonyl (C=O) groups is 1. The topological polar surface area (TPSA) is 114 Å². The first-order chi connectivity index (χ1) is 15.3. The number of halogens is 1. The van der Waals surface area contributed by atoms with Crippen molar-refractivity contribution in [2.24, 2.45) is 5.10 Å². The van der Waals surface area contributed by atoms with Gasteiger partial charge in [0.15, 0.2) is 12.4 Å². The van der Waals surface area contributed by atoms with Crippen molar-refractivity contribution in [1.29, 1.82) is 0 Å². The summed E-state index contributed by atoms with van der Waals surface area (Å²) in [6, 6.07) is 17.0. The van der Waals surface area contributed by atoms with Crippen molar-refractivity contribution in [3.63, 3.8) is 0 Å². The van der Waals surface area contributed by atoms with Crippen molar-refractivity contribution in [3.8, 4) is 11.5 Å². The second-order valence-electron chi connectivity index (χ2n) is 6.97. The summed E-state index contributed by atoms with van der Waals surface area (Å²) in [6.07, 6.45) is 1.87. The number of phenols is 1. The predicted octanol–water partition coefficient (Wildman–Crippen LogP) is 4.38. The van der Waals surface area contributed by atoms with Crippen LogP contribution in [-0.4, -0.2) is 28.8 Å². The Balaban J connectivity index is 1.60. The first-order valence-corrected chi connectivity index (χ1v) is 9.96. The molecular weight excluding hydrogens is 434 g/mol. The monoisotopic (exact) mass is 453 g/mol. The molecule has 2 N–H and O–H groups in total. The van der Waals surface area contributed by atoms with Gasteiger partial charge in [0.1, 0.15) is 5.75 Å². The molecule has 0 aliphatic rings. The molecule has 0 bridgehead atoms. The van der Waals surface area contributed by atoms with Crippen molar-refractivity contribution in [3.05, 3.63) is 98.1 Å². The molecule has 0 saturated heterocycles. The normalized spacial score (nSPS) is 10.8. The molecule has 0 heterocycles. The van der Waals surface area contributed by atoms with Crippen LogP contribution in [0.15, 0.2) is 65.8 Å². The number of phenolic OH excluding ortho intramolecular Hbond substituents is 1. The lowest BCUT2D eigenvalue weighted by molar-refractivity contribution is -0.385. The smallest absolute Gasteiger partial charge is 0.311 e. The minimum absolute atomic E-state index is 0.00237. The number of nitrogens with zero attached hydrogens (tertiary/aromatic N) is 2. The number of rotatable bonds is 8. The fourth-order valence-electron chi connectivity index (χ4n) is 2.92. The van der Waals surface area contributed by atoms with E-state index in [-0.39, 0.29) is 17.2 Å². The number of hydrogen-bond acceptors (Lipinski definition) is 6. The highest BCUT2D eigenvalue weighted by atomic mass is 35.5. The summed E-state index contributed by atoms with van der Waals surface area (Å²) in [5, 5.41) is 25.6. The highest BCUT2D eigenvalue weighted by Crippen LogP contribution is 2.27. The molecule has 0 aliphatic carbocycles. The Morgan fingerprint density at radius 1 is 1.22 bits per heavy atom. The van der Waals surface area contributed by atoms with Gasteiger partial charge in [-0.2, -0.15) is 5.10 Å². The molecule has 0 aliphatic heterocycles. The maximum Gasteiger partial charge on any atom is 0.311 e. The average Bonchev–Trinajstić information content (AvgIpc) is 2.76. The van der Waals surface area contributed by atoms with Crippen LogP contribution in [0.2, 0.25) is 5.02 Å². The van der Waals surface area contributed by atoms with Gasteiger partial charge in [-0.05, 0) is 54.3 Å². The molecule has 8 nitrogen and oxygen atoms in total. The largest absolute Gasteiger partial charge is 0.507 e. The zero-order valence-electron chi connectivity index (χ0n) is 17.1. The third-order valence-corrected chi connectivity index (χ3v) is 4.88. The van der Waals surface area contributed by atoms with E-state index in [2.05, 4.69) is 10.5 Å². The second-order valence-corrected chi connectivity index (χ2v) is 7.38. The summed E-state index contributed by atoms with van der Waals surface area (Å²) in [5.41, 5.74) is 5.00. The second kappa shape index (κ2) is 10.4. The Labute approximate surface area is 189 Å². The van der Waals surface area contributed by atoms with E-state index in [1.54, 1.807) is 25.1 Å². The average molecular weight is 454 g/mol. The Hall–Kier alpha value is -3.91. The minimum Gasteiger partial charge on any atom is -0.507 e. The first kappa shape index (κ1) is 22.8. The van der Waals surface area contributed by atoms with Gasteiger partial charge in [0.2, 0.25) is 0 Å². The van der Waals surface area contributed by atoms with Crippen molar-refractivity contribution in [1.82, 2.24) is 5.43 Å². The van der Waals surface area contributed by atoms with E-state index >= 15 is 0 Å². The number of hydrogen-bond donors (Lipinski definition) is 2. The molecule has 3 aromatic carbocycles. The summed E-state index contributed by atoms with van der Waals surface area (Å²) in [6.45, 7) is 1.26. The van der Waals surface area contributed by atoms with E-state index in [9.17, 15) is 20.0 Å². The number of ether oxygens (including phenoxy) is 1. The fraction of sp³-hybridized carbons (Fsp3) is 0.130. The molecule has 32 heavy (non-hydrogen) atoms. The number of aryl methyl sites for hydroxylation is 1. The maximum absolute atomic E-state index is 12.0. The Bertz CT molecular complexity index is 1180. The van der Waals surface area contributed by atoms with Gasteiger partial charge in [0.05, 0.1) is 11.1 Å². The Kier molecular flexibility index (Phi) is 7.41. The van der Waals surface area contributed by atoms with Crippen LogP contribution < -0.4 is 10.2 Å². The quantitative estimate of drug-likeness (QED) is 0.298. The van der Waals surface area contributed by atoms with Crippen molar-refractivity contribution in [2.75, 3.05) is 6.61 Å². The van der Waals surface area contributed by atoms with Crippen molar-refractivity contribution in [2.45, 2.75) is 13.3 Å². The van der Waals surface area contributed by atoms with Gasteiger partial charge >= 0.3 is 5.69 Å². The Morgan fingerprint density at radius 3 is 2.75 bits per heavy atom. The fourth-order valence-corrected chi connectivity index (χ4v) is 3.12. The number of hydrazone groups is 1. The van der Waals surface area contributed by atoms with Crippen LogP contribution in [-0.2, 0) is 11.2 Å². The van der Waals surface area contributed by atoms with Gasteiger partial charge in [0.25, 0.3) is 5.91 Å². The number of nitro groups is 1. The SMILES string of the molecule is Cc1ccc(OCC(=O)N/N=C\c2cc(Cc3ccccc3Cl)ccc2O)c([N+](=O)[O-])c1. The van der Waals surface area contributed by atoms with Crippen LogP contribution in [0.3, 0.4) is 0 Å². The molecule has 164 valence electrons. The lowest BCUT2D eigenvalue weighted by Crippen LogP contribution is -2.24. The van der Waals surface area contributed by atoms with E-state index < -0.39 is 17.4 Å². The summed E-state index contributed by atoms with van der Waals surface area (Å²) < 4.78 is 5.25. The molecular formula is C23H20ClN3O5. The minimum atomic E-state index is -0.608. The number of carbonyl (C=O) groups excluding carboxylic acids is 1. The third kappa shape index (κ3) is 6.05. The molecule has 0 radical (unpaired) electrons. The van der Waals surface area contributed by atoms with Crippen LogP contribution in [0.25, 0.3) is 0 Å². The maximum atomic E-state index is 12.0. The van der Waals surface area contributed by atoms with Crippen molar-refractivity contribution < 1.29 is 19.6 Å². The van der Waals surface area contributed by atoms with E-state index in [0.29, 0.717) is 22.6 Å². The predicted molar refractivity (Wildman–Crippen MR) is 121 cm³/mol. The molecule has 3 rings (SSSR count). The molecule has 9 heteroatoms. The number of aromatic hydroxyl groups is 1. The van der Waals surface area contributed by atoms with Gasteiger partial charge in [0, 0.05) is 16.7 Å². The van der Waals surface area contributed by atoms with Gasteiger partial charge in [-0.3, -0.25) is 14.9 Å². The molecule has 1 amide bonds. The van der Waals surface area contributed by atoms with Gasteiger partial charge in [-0.15, -0.1) is 0 Å². The molecule has 3 aromatic rings. The van der Waals surface area contributed by atoms with Crippen LogP contribution >= 0.6 is 11.6 Å². The lowest BCUT2D eigenvalue weighted by Gasteiger charge is -2.07. The van der Waals surface area contributed by atoms with Crippen molar-refractivity contribution >= 4 is 29.4 Å². The summed E-state index contributed by atoms with van der Waals surface area (Å²) >= 11 is 6.20. The number of benzene rings is 3. The highest BCUT2D eigenvalue weighted by Gasteiger charge is 2.16. The van der Waals surface area contributed by atoms with E-state index in [0.717, 1.165) is 11.1 Å². The highest BCUT2D eigenvalue weighted by molar-refractivity contribution is 6.31. The van der Waals surface area contributed by atoms with Crippen LogP contribution in [0.1, 0.15) is 22.3 Å². The molecule has 0 spiro atoms. The van der Waals surface area contributed by atoms with Crippen LogP contribution in [0.4, 0.5) is 5.69 Å². The zero-order valence-corrected chi connectivity index (χ0v) is 17.9. The number of amides is 1. The van der Waals surface area contributed by atoms with Gasteiger partial charge < -0.3 is 9.84 Å². The Morgan fingerprint density at radius 2 is 2.00 bits per heavy atom. The van der Waals surface area contributed by atoms with E-state index in [1.165, 1.54) is 24.4 Å². The number of nitrogens with one attached hydrogen (secondary N) is 1.